The Hall–Kier alpha value is -1.89. The Morgan fingerprint density at radius 1 is 1.50 bits per heavy atom. The van der Waals surface area contributed by atoms with Gasteiger partial charge in [0.25, 0.3) is 5.91 Å². The van der Waals surface area contributed by atoms with Gasteiger partial charge in [0.2, 0.25) is 5.91 Å². The van der Waals surface area contributed by atoms with Crippen LogP contribution in [-0.2, 0) is 9.53 Å². The van der Waals surface area contributed by atoms with Crippen molar-refractivity contribution < 1.29 is 18.8 Å². The molecule has 1 aromatic heterocycles. The van der Waals surface area contributed by atoms with E-state index in [4.69, 9.17) is 9.26 Å². The van der Waals surface area contributed by atoms with Crippen molar-refractivity contribution in [2.24, 2.45) is 5.92 Å². The smallest absolute Gasteiger partial charge is 0.276 e. The highest BCUT2D eigenvalue weighted by Gasteiger charge is 2.38. The second-order valence-corrected chi connectivity index (χ2v) is 5.27. The fourth-order valence-corrected chi connectivity index (χ4v) is 2.87. The van der Waals surface area contributed by atoms with Crippen LogP contribution >= 0.6 is 0 Å². The molecule has 2 fully saturated rings. The third kappa shape index (κ3) is 2.29. The monoisotopic (exact) mass is 279 g/mol. The molecular formula is C13H17N3O4. The number of rotatable bonds is 1. The second-order valence-electron chi connectivity index (χ2n) is 5.27. The molecule has 108 valence electrons. The number of carbonyl (C=O) groups is 2. The largest absolute Gasteiger partial charge is 0.371 e. The van der Waals surface area contributed by atoms with Gasteiger partial charge < -0.3 is 19.1 Å². The number of ether oxygens (including phenoxy) is 1. The van der Waals surface area contributed by atoms with Crippen LogP contribution in [0.15, 0.2) is 16.9 Å². The van der Waals surface area contributed by atoms with E-state index in [-0.39, 0.29) is 30.4 Å². The number of likely N-dealkylation sites (N-methyl/N-ethyl adjacent to an activating group) is 1. The fraction of sp³-hybridized carbons (Fsp3) is 0.615. The van der Waals surface area contributed by atoms with Crippen molar-refractivity contribution in [3.63, 3.8) is 0 Å². The van der Waals surface area contributed by atoms with Gasteiger partial charge >= 0.3 is 0 Å². The van der Waals surface area contributed by atoms with Crippen LogP contribution in [0.4, 0.5) is 0 Å². The SMILES string of the molecule is CN1C(=O)COC[C@@H]2CCN(C(=O)c3ccon3)C[C@@H]21. The second kappa shape index (κ2) is 5.24. The molecule has 0 spiro atoms. The van der Waals surface area contributed by atoms with E-state index in [1.54, 1.807) is 22.9 Å². The molecule has 0 radical (unpaired) electrons. The number of hydrogen-bond donors (Lipinski definition) is 0. The summed E-state index contributed by atoms with van der Waals surface area (Å²) in [4.78, 5) is 27.6. The highest BCUT2D eigenvalue weighted by atomic mass is 16.5. The average molecular weight is 279 g/mol. The van der Waals surface area contributed by atoms with Crippen LogP contribution in [-0.4, -0.2) is 66.2 Å². The van der Waals surface area contributed by atoms with Crippen LogP contribution in [0.2, 0.25) is 0 Å². The number of hydrogen-bond acceptors (Lipinski definition) is 5. The van der Waals surface area contributed by atoms with Crippen molar-refractivity contribution in [2.45, 2.75) is 12.5 Å². The highest BCUT2D eigenvalue weighted by Crippen LogP contribution is 2.25. The van der Waals surface area contributed by atoms with Gasteiger partial charge in [-0.25, -0.2) is 0 Å². The molecule has 0 aromatic carbocycles. The highest BCUT2D eigenvalue weighted by molar-refractivity contribution is 5.92. The molecule has 2 saturated heterocycles. The van der Waals surface area contributed by atoms with Crippen molar-refractivity contribution in [3.05, 3.63) is 18.0 Å². The first-order valence-electron chi connectivity index (χ1n) is 6.70. The van der Waals surface area contributed by atoms with Gasteiger partial charge in [-0.15, -0.1) is 0 Å². The van der Waals surface area contributed by atoms with E-state index in [2.05, 4.69) is 5.16 Å². The fourth-order valence-electron chi connectivity index (χ4n) is 2.87. The van der Waals surface area contributed by atoms with Crippen LogP contribution in [0.25, 0.3) is 0 Å². The number of nitrogens with zero attached hydrogens (tertiary/aromatic N) is 3. The molecule has 2 aliphatic heterocycles. The Kier molecular flexibility index (Phi) is 3.43. The molecule has 20 heavy (non-hydrogen) atoms. The van der Waals surface area contributed by atoms with Gasteiger partial charge in [-0.2, -0.15) is 0 Å². The van der Waals surface area contributed by atoms with E-state index in [1.165, 1.54) is 6.26 Å². The third-order valence-corrected chi connectivity index (χ3v) is 4.11. The molecule has 0 bridgehead atoms. The van der Waals surface area contributed by atoms with Crippen molar-refractivity contribution in [1.29, 1.82) is 0 Å². The van der Waals surface area contributed by atoms with Gasteiger partial charge in [0, 0.05) is 32.1 Å². The number of fused-ring (bicyclic) bond motifs is 1. The first-order valence-corrected chi connectivity index (χ1v) is 6.70. The van der Waals surface area contributed by atoms with E-state index in [1.807, 2.05) is 0 Å². The summed E-state index contributed by atoms with van der Waals surface area (Å²) in [6.45, 7) is 1.87. The van der Waals surface area contributed by atoms with E-state index in [9.17, 15) is 9.59 Å². The minimum atomic E-state index is -0.150. The van der Waals surface area contributed by atoms with Crippen molar-refractivity contribution in [3.8, 4) is 0 Å². The maximum Gasteiger partial charge on any atom is 0.276 e. The van der Waals surface area contributed by atoms with Crippen LogP contribution in [0.5, 0.6) is 0 Å². The minimum Gasteiger partial charge on any atom is -0.371 e. The molecule has 2 amide bonds. The van der Waals surface area contributed by atoms with Gasteiger partial charge in [0.15, 0.2) is 5.69 Å². The molecule has 2 atom stereocenters. The Labute approximate surface area is 116 Å². The standard InChI is InChI=1S/C13H17N3O4/c1-15-11-6-16(13(18)10-3-5-20-14-10)4-2-9(11)7-19-8-12(15)17/h3,5,9,11H,2,4,6-8H2,1H3/t9-,11-/m0/s1. The molecule has 7 nitrogen and oxygen atoms in total. The molecule has 3 rings (SSSR count). The summed E-state index contributed by atoms with van der Waals surface area (Å²) in [6, 6.07) is 1.56. The maximum atomic E-state index is 12.3. The van der Waals surface area contributed by atoms with E-state index >= 15 is 0 Å². The first-order chi connectivity index (χ1) is 9.66. The molecule has 1 aromatic rings. The van der Waals surface area contributed by atoms with Crippen LogP contribution < -0.4 is 0 Å². The van der Waals surface area contributed by atoms with E-state index in [0.717, 1.165) is 6.42 Å². The number of likely N-dealkylation sites (tertiary alicyclic amines) is 1. The average Bonchev–Trinajstić information content (AvgIpc) is 2.95. The van der Waals surface area contributed by atoms with E-state index in [0.29, 0.717) is 25.4 Å². The summed E-state index contributed by atoms with van der Waals surface area (Å²) in [7, 11) is 1.78. The molecule has 0 aliphatic carbocycles. The molecular weight excluding hydrogens is 262 g/mol. The maximum absolute atomic E-state index is 12.3. The number of aromatic nitrogens is 1. The quantitative estimate of drug-likeness (QED) is 0.723. The Morgan fingerprint density at radius 3 is 3.10 bits per heavy atom. The van der Waals surface area contributed by atoms with Crippen LogP contribution in [0.1, 0.15) is 16.9 Å². The summed E-state index contributed by atoms with van der Waals surface area (Å²) in [5.74, 6) is 0.101. The molecule has 7 heteroatoms. The summed E-state index contributed by atoms with van der Waals surface area (Å²) in [5.41, 5.74) is 0.308. The zero-order chi connectivity index (χ0) is 14.1. The molecule has 0 N–H and O–H groups in total. The van der Waals surface area contributed by atoms with Gasteiger partial charge in [0.05, 0.1) is 12.6 Å². The normalized spacial score (nSPS) is 27.1. The van der Waals surface area contributed by atoms with Crippen LogP contribution in [0, 0.1) is 5.92 Å². The lowest BCUT2D eigenvalue weighted by Gasteiger charge is -2.40. The summed E-state index contributed by atoms with van der Waals surface area (Å²) in [5, 5.41) is 3.68. The predicted octanol–water partition coefficient (Wildman–Crippen LogP) is -0.00610. The Bertz CT molecular complexity index is 502. The lowest BCUT2D eigenvalue weighted by atomic mass is 9.91. The van der Waals surface area contributed by atoms with Gasteiger partial charge in [-0.05, 0) is 6.42 Å². The van der Waals surface area contributed by atoms with Gasteiger partial charge in [-0.3, -0.25) is 9.59 Å². The summed E-state index contributed by atoms with van der Waals surface area (Å²) >= 11 is 0. The minimum absolute atomic E-state index is 0.00889. The molecule has 3 heterocycles. The molecule has 0 saturated carbocycles. The Morgan fingerprint density at radius 2 is 2.35 bits per heavy atom. The zero-order valence-electron chi connectivity index (χ0n) is 11.3. The lowest BCUT2D eigenvalue weighted by Crippen LogP contribution is -2.54. The topological polar surface area (TPSA) is 75.9 Å². The zero-order valence-corrected chi connectivity index (χ0v) is 11.3. The predicted molar refractivity (Wildman–Crippen MR) is 67.9 cm³/mol. The lowest BCUT2D eigenvalue weighted by molar-refractivity contribution is -0.134. The third-order valence-electron chi connectivity index (χ3n) is 4.11. The van der Waals surface area contributed by atoms with Crippen molar-refractivity contribution >= 4 is 11.8 Å². The first kappa shape index (κ1) is 13.1. The molecule has 0 unspecified atom stereocenters. The van der Waals surface area contributed by atoms with Gasteiger partial charge in [-0.1, -0.05) is 5.16 Å². The number of carbonyl (C=O) groups excluding carboxylic acids is 2. The van der Waals surface area contributed by atoms with Gasteiger partial charge in [0.1, 0.15) is 12.9 Å². The summed E-state index contributed by atoms with van der Waals surface area (Å²) in [6.07, 6.45) is 2.21. The Balaban J connectivity index is 1.75. The van der Waals surface area contributed by atoms with E-state index < -0.39 is 0 Å². The van der Waals surface area contributed by atoms with Crippen LogP contribution in [0.3, 0.4) is 0 Å². The van der Waals surface area contributed by atoms with Crippen molar-refractivity contribution in [1.82, 2.24) is 15.0 Å². The number of piperidine rings is 1. The summed E-state index contributed by atoms with van der Waals surface area (Å²) < 4.78 is 10.1. The molecule has 2 aliphatic rings. The number of amides is 2. The van der Waals surface area contributed by atoms with Crippen molar-refractivity contribution in [2.75, 3.05) is 33.4 Å².